The minimum absolute atomic E-state index is 0.0204. The quantitative estimate of drug-likeness (QED) is 0.517. The first kappa shape index (κ1) is 18.3. The summed E-state index contributed by atoms with van der Waals surface area (Å²) in [4.78, 5) is 12.2. The highest BCUT2D eigenvalue weighted by Gasteiger charge is 2.42. The number of methoxy groups -OCH3 is 1. The van der Waals surface area contributed by atoms with Crippen LogP contribution in [-0.4, -0.2) is 26.3 Å². The van der Waals surface area contributed by atoms with E-state index in [2.05, 4.69) is 13.2 Å². The van der Waals surface area contributed by atoms with Gasteiger partial charge < -0.3 is 14.2 Å². The van der Waals surface area contributed by atoms with Crippen LogP contribution in [0.2, 0.25) is 0 Å². The van der Waals surface area contributed by atoms with Gasteiger partial charge in [-0.2, -0.15) is 5.26 Å². The molecule has 0 amide bonds. The topological polar surface area (TPSA) is 68.5 Å². The number of benzene rings is 1. The Hall–Kier alpha value is -2.74. The Balaban J connectivity index is 2.86. The van der Waals surface area contributed by atoms with E-state index in [1.54, 1.807) is 38.3 Å². The van der Waals surface area contributed by atoms with Crippen LogP contribution < -0.4 is 9.47 Å². The first-order valence-corrected chi connectivity index (χ1v) is 7.18. The van der Waals surface area contributed by atoms with Crippen molar-refractivity contribution in [1.82, 2.24) is 0 Å². The lowest BCUT2D eigenvalue weighted by Crippen LogP contribution is -2.35. The third kappa shape index (κ3) is 4.36. The van der Waals surface area contributed by atoms with Crippen molar-refractivity contribution < 1.29 is 19.0 Å². The molecule has 23 heavy (non-hydrogen) atoms. The van der Waals surface area contributed by atoms with Crippen molar-refractivity contribution in [3.63, 3.8) is 0 Å². The van der Waals surface area contributed by atoms with Gasteiger partial charge in [-0.25, -0.2) is 4.79 Å². The molecule has 0 spiro atoms. The number of nitriles is 1. The highest BCUT2D eigenvalue weighted by atomic mass is 16.5. The molecule has 5 heteroatoms. The number of carbonyl (C=O) groups excluding carboxylic acids is 1. The number of hydrogen-bond acceptors (Lipinski definition) is 5. The Morgan fingerprint density at radius 3 is 2.43 bits per heavy atom. The van der Waals surface area contributed by atoms with Gasteiger partial charge in [-0.05, 0) is 43.2 Å². The molecule has 5 nitrogen and oxygen atoms in total. The normalized spacial score (nSPS) is 12.4. The van der Waals surface area contributed by atoms with Gasteiger partial charge in [0, 0.05) is 0 Å². The van der Waals surface area contributed by atoms with Crippen LogP contribution in [0.3, 0.4) is 0 Å². The maximum Gasteiger partial charge on any atom is 0.331 e. The second kappa shape index (κ2) is 8.64. The van der Waals surface area contributed by atoms with E-state index in [1.165, 1.54) is 6.08 Å². The molecule has 0 saturated carbocycles. The second-order valence-corrected chi connectivity index (χ2v) is 4.80. The lowest BCUT2D eigenvalue weighted by Gasteiger charge is -2.25. The van der Waals surface area contributed by atoms with Crippen molar-refractivity contribution in [2.75, 3.05) is 20.3 Å². The fourth-order valence-electron chi connectivity index (χ4n) is 1.98. The number of nitrogens with zero attached hydrogens (tertiary/aromatic N) is 1. The van der Waals surface area contributed by atoms with Crippen LogP contribution in [0, 0.1) is 16.7 Å². The zero-order chi connectivity index (χ0) is 17.3. The van der Waals surface area contributed by atoms with E-state index in [0.717, 1.165) is 0 Å². The molecule has 0 aliphatic carbocycles. The van der Waals surface area contributed by atoms with Crippen molar-refractivity contribution in [2.45, 2.75) is 13.3 Å². The predicted molar refractivity (Wildman–Crippen MR) is 87.1 cm³/mol. The number of hydrogen-bond donors (Lipinski definition) is 0. The molecular formula is C18H21NO4. The summed E-state index contributed by atoms with van der Waals surface area (Å²) in [6, 6.07) is 8.99. The molecule has 0 aliphatic rings. The van der Waals surface area contributed by atoms with Gasteiger partial charge in [0.1, 0.15) is 18.1 Å². The fourth-order valence-corrected chi connectivity index (χ4v) is 1.98. The molecule has 1 aromatic carbocycles. The van der Waals surface area contributed by atoms with Gasteiger partial charge in [0.2, 0.25) is 0 Å². The summed E-state index contributed by atoms with van der Waals surface area (Å²) in [5, 5.41) is 9.51. The van der Waals surface area contributed by atoms with Gasteiger partial charge in [-0.15, -0.1) is 6.58 Å². The Labute approximate surface area is 136 Å². The number of rotatable bonds is 9. The van der Waals surface area contributed by atoms with Crippen LogP contribution in [0.5, 0.6) is 11.5 Å². The van der Waals surface area contributed by atoms with Crippen LogP contribution in [0.1, 0.15) is 13.3 Å². The number of allylic oxidation sites excluding steroid dienone is 1. The molecule has 0 aliphatic heterocycles. The Morgan fingerprint density at radius 2 is 1.96 bits per heavy atom. The summed E-state index contributed by atoms with van der Waals surface area (Å²) in [5.41, 5.74) is -1.15. The second-order valence-electron chi connectivity index (χ2n) is 4.80. The summed E-state index contributed by atoms with van der Waals surface area (Å²) in [7, 11) is 1.58. The molecule has 0 aromatic heterocycles. The van der Waals surface area contributed by atoms with Crippen LogP contribution >= 0.6 is 0 Å². The SMILES string of the molecule is C=CCC(C#N)(C(=C)COc1ccc(OC)cc1)C(=O)OCC. The average Bonchev–Trinajstić information content (AvgIpc) is 2.58. The molecular weight excluding hydrogens is 294 g/mol. The maximum atomic E-state index is 12.2. The molecule has 1 rings (SSSR count). The standard InChI is InChI=1S/C18H21NO4/c1-5-11-18(13-19,17(20)22-6-2)14(3)12-23-16-9-7-15(21-4)8-10-16/h5,7-10H,1,3,6,11-12H2,2,4H3. The van der Waals surface area contributed by atoms with Crippen LogP contribution in [-0.2, 0) is 9.53 Å². The van der Waals surface area contributed by atoms with Gasteiger partial charge >= 0.3 is 5.97 Å². The highest BCUT2D eigenvalue weighted by Crippen LogP contribution is 2.32. The van der Waals surface area contributed by atoms with Crippen LogP contribution in [0.15, 0.2) is 49.1 Å². The Morgan fingerprint density at radius 1 is 1.35 bits per heavy atom. The molecule has 122 valence electrons. The highest BCUT2D eigenvalue weighted by molar-refractivity contribution is 5.84. The van der Waals surface area contributed by atoms with Gasteiger partial charge in [-0.3, -0.25) is 0 Å². The van der Waals surface area contributed by atoms with E-state index >= 15 is 0 Å². The summed E-state index contributed by atoms with van der Waals surface area (Å²) in [6.07, 6.45) is 1.62. The first-order chi connectivity index (χ1) is 11.0. The summed E-state index contributed by atoms with van der Waals surface area (Å²) >= 11 is 0. The average molecular weight is 315 g/mol. The van der Waals surface area contributed by atoms with Crippen molar-refractivity contribution in [1.29, 1.82) is 5.26 Å². The summed E-state index contributed by atoms with van der Waals surface area (Å²) in [6.45, 7) is 9.34. The van der Waals surface area contributed by atoms with E-state index in [0.29, 0.717) is 17.1 Å². The van der Waals surface area contributed by atoms with Crippen LogP contribution in [0.25, 0.3) is 0 Å². The minimum atomic E-state index is -1.48. The molecule has 0 saturated heterocycles. The fraction of sp³-hybridized carbons (Fsp3) is 0.333. The molecule has 1 unspecified atom stereocenters. The largest absolute Gasteiger partial charge is 0.497 e. The van der Waals surface area contributed by atoms with Gasteiger partial charge in [0.25, 0.3) is 0 Å². The van der Waals surface area contributed by atoms with Gasteiger partial charge in [0.05, 0.1) is 19.8 Å². The van der Waals surface area contributed by atoms with Crippen LogP contribution in [0.4, 0.5) is 0 Å². The molecule has 1 aromatic rings. The summed E-state index contributed by atoms with van der Waals surface area (Å²) < 4.78 is 15.7. The zero-order valence-electron chi connectivity index (χ0n) is 13.5. The van der Waals surface area contributed by atoms with Crippen molar-refractivity contribution in [3.8, 4) is 17.6 Å². The molecule has 0 N–H and O–H groups in total. The third-order valence-electron chi connectivity index (χ3n) is 3.34. The van der Waals surface area contributed by atoms with Gasteiger partial charge in [-0.1, -0.05) is 12.7 Å². The monoisotopic (exact) mass is 315 g/mol. The molecule has 0 bridgehead atoms. The molecule has 0 heterocycles. The molecule has 1 atom stereocenters. The third-order valence-corrected chi connectivity index (χ3v) is 3.34. The first-order valence-electron chi connectivity index (χ1n) is 7.18. The van der Waals surface area contributed by atoms with E-state index in [9.17, 15) is 10.1 Å². The Bertz CT molecular complexity index is 600. The molecule has 0 fully saturated rings. The van der Waals surface area contributed by atoms with Gasteiger partial charge in [0.15, 0.2) is 5.41 Å². The van der Waals surface area contributed by atoms with Crippen molar-refractivity contribution in [3.05, 3.63) is 49.1 Å². The minimum Gasteiger partial charge on any atom is -0.497 e. The number of esters is 1. The number of carbonyl (C=O) groups is 1. The molecule has 0 radical (unpaired) electrons. The van der Waals surface area contributed by atoms with E-state index in [4.69, 9.17) is 14.2 Å². The smallest absolute Gasteiger partial charge is 0.331 e. The number of ether oxygens (including phenoxy) is 3. The van der Waals surface area contributed by atoms with Crippen molar-refractivity contribution >= 4 is 5.97 Å². The lowest BCUT2D eigenvalue weighted by atomic mass is 9.79. The van der Waals surface area contributed by atoms with Crippen molar-refractivity contribution in [2.24, 2.45) is 5.41 Å². The Kier molecular flexibility index (Phi) is 6.88. The van der Waals surface area contributed by atoms with E-state index in [1.807, 2.05) is 6.07 Å². The lowest BCUT2D eigenvalue weighted by molar-refractivity contribution is -0.150. The predicted octanol–water partition coefficient (Wildman–Crippen LogP) is 3.28. The van der Waals surface area contributed by atoms with E-state index < -0.39 is 11.4 Å². The summed E-state index contributed by atoms with van der Waals surface area (Å²) in [5.74, 6) is 0.660. The zero-order valence-corrected chi connectivity index (χ0v) is 13.5. The van der Waals surface area contributed by atoms with E-state index in [-0.39, 0.29) is 19.6 Å². The maximum absolute atomic E-state index is 12.2.